The van der Waals surface area contributed by atoms with Crippen LogP contribution < -0.4 is 11.1 Å². The Morgan fingerprint density at radius 2 is 2.14 bits per heavy atom. The van der Waals surface area contributed by atoms with Crippen LogP contribution in [-0.2, 0) is 0 Å². The highest BCUT2D eigenvalue weighted by Gasteiger charge is 2.10. The van der Waals surface area contributed by atoms with Gasteiger partial charge in [-0.2, -0.15) is 0 Å². The number of phenolic OH excluding ortho intramolecular Hbond substituents is 1. The molecule has 0 bridgehead atoms. The number of hydrogen-bond donors (Lipinski definition) is 4. The minimum atomic E-state index is -1.17. The summed E-state index contributed by atoms with van der Waals surface area (Å²) in [5, 5.41) is 20.3. The summed E-state index contributed by atoms with van der Waals surface area (Å²) in [4.78, 5) is 10.7. The Morgan fingerprint density at radius 3 is 2.64 bits per heavy atom. The number of anilines is 1. The molecule has 0 aromatic heterocycles. The fourth-order valence-corrected chi connectivity index (χ4v) is 1.06. The fraction of sp³-hybridized carbons (Fsp3) is 0. The highest BCUT2D eigenvalue weighted by atomic mass is 32.1. The molecule has 0 fully saturated rings. The summed E-state index contributed by atoms with van der Waals surface area (Å²) in [6, 6.07) is 3.84. The number of rotatable bonds is 2. The summed E-state index contributed by atoms with van der Waals surface area (Å²) in [6.45, 7) is 0. The lowest BCUT2D eigenvalue weighted by Gasteiger charge is -2.07. The van der Waals surface area contributed by atoms with Crippen molar-refractivity contribution < 1.29 is 15.0 Å². The van der Waals surface area contributed by atoms with Gasteiger partial charge in [0.25, 0.3) is 0 Å². The topological polar surface area (TPSA) is 95.6 Å². The predicted octanol–water partition coefficient (Wildman–Crippen LogP) is 0.746. The lowest BCUT2D eigenvalue weighted by atomic mass is 10.1. The number of thiocarbonyl (C=S) groups is 1. The molecular weight excluding hydrogens is 204 g/mol. The van der Waals surface area contributed by atoms with Gasteiger partial charge in [0.1, 0.15) is 5.75 Å². The molecule has 0 radical (unpaired) electrons. The summed E-state index contributed by atoms with van der Waals surface area (Å²) in [7, 11) is 0. The highest BCUT2D eigenvalue weighted by molar-refractivity contribution is 7.80. The number of carboxylic acid groups (broad SMARTS) is 1. The quantitative estimate of drug-likeness (QED) is 0.426. The Labute approximate surface area is 85.2 Å². The first-order chi connectivity index (χ1) is 6.50. The number of phenols is 1. The second-order valence-electron chi connectivity index (χ2n) is 2.52. The molecule has 0 aliphatic heterocycles. The Kier molecular flexibility index (Phi) is 2.88. The fourth-order valence-electron chi connectivity index (χ4n) is 0.951. The van der Waals surface area contributed by atoms with E-state index >= 15 is 0 Å². The first kappa shape index (κ1) is 10.3. The molecule has 0 atom stereocenters. The van der Waals surface area contributed by atoms with Gasteiger partial charge in [-0.15, -0.1) is 0 Å². The molecule has 1 aromatic carbocycles. The van der Waals surface area contributed by atoms with Crippen LogP contribution in [0.25, 0.3) is 0 Å². The average Bonchev–Trinajstić information content (AvgIpc) is 2.07. The Balaban J connectivity index is 3.14. The normalized spacial score (nSPS) is 9.43. The van der Waals surface area contributed by atoms with Crippen molar-refractivity contribution in [3.63, 3.8) is 0 Å². The summed E-state index contributed by atoms with van der Waals surface area (Å²) >= 11 is 4.57. The molecule has 0 aliphatic rings. The Hall–Kier alpha value is -1.82. The SMILES string of the molecule is NC(=S)Nc1ccc(O)cc1C(=O)O. The molecule has 5 nitrogen and oxygen atoms in total. The van der Waals surface area contributed by atoms with Crippen molar-refractivity contribution in [3.05, 3.63) is 23.8 Å². The second kappa shape index (κ2) is 3.93. The smallest absolute Gasteiger partial charge is 0.337 e. The Bertz CT molecular complexity index is 392. The highest BCUT2D eigenvalue weighted by Crippen LogP contribution is 2.20. The van der Waals surface area contributed by atoms with Crippen LogP contribution >= 0.6 is 12.2 Å². The van der Waals surface area contributed by atoms with Gasteiger partial charge in [-0.1, -0.05) is 0 Å². The maximum absolute atomic E-state index is 10.7. The molecule has 0 saturated carbocycles. The number of hydrogen-bond acceptors (Lipinski definition) is 3. The molecule has 1 rings (SSSR count). The third kappa shape index (κ3) is 2.33. The summed E-state index contributed by atoms with van der Waals surface area (Å²) in [6.07, 6.45) is 0. The van der Waals surface area contributed by atoms with E-state index in [1.54, 1.807) is 0 Å². The molecule has 0 spiro atoms. The van der Waals surface area contributed by atoms with Gasteiger partial charge < -0.3 is 21.3 Å². The van der Waals surface area contributed by atoms with Gasteiger partial charge >= 0.3 is 5.97 Å². The van der Waals surface area contributed by atoms with Crippen LogP contribution in [0.4, 0.5) is 5.69 Å². The van der Waals surface area contributed by atoms with E-state index in [2.05, 4.69) is 17.5 Å². The number of benzene rings is 1. The van der Waals surface area contributed by atoms with E-state index in [0.29, 0.717) is 0 Å². The van der Waals surface area contributed by atoms with Crippen molar-refractivity contribution in [2.75, 3.05) is 5.32 Å². The van der Waals surface area contributed by atoms with Crippen molar-refractivity contribution >= 4 is 29.0 Å². The van der Waals surface area contributed by atoms with Gasteiger partial charge in [0.15, 0.2) is 5.11 Å². The van der Waals surface area contributed by atoms with Crippen LogP contribution in [0.1, 0.15) is 10.4 Å². The molecule has 0 unspecified atom stereocenters. The molecule has 0 amide bonds. The third-order valence-electron chi connectivity index (χ3n) is 1.49. The summed E-state index contributed by atoms with van der Waals surface area (Å²) < 4.78 is 0. The summed E-state index contributed by atoms with van der Waals surface area (Å²) in [5.74, 6) is -1.30. The minimum absolute atomic E-state index is 0.0295. The van der Waals surface area contributed by atoms with E-state index in [1.165, 1.54) is 12.1 Å². The molecule has 0 saturated heterocycles. The van der Waals surface area contributed by atoms with Crippen molar-refractivity contribution in [1.82, 2.24) is 0 Å². The maximum atomic E-state index is 10.7. The maximum Gasteiger partial charge on any atom is 0.337 e. The zero-order chi connectivity index (χ0) is 10.7. The molecule has 0 heterocycles. The monoisotopic (exact) mass is 212 g/mol. The van der Waals surface area contributed by atoms with E-state index in [0.717, 1.165) is 6.07 Å². The summed E-state index contributed by atoms with van der Waals surface area (Å²) in [5.41, 5.74) is 5.36. The van der Waals surface area contributed by atoms with Crippen molar-refractivity contribution in [3.8, 4) is 5.75 Å². The molecule has 1 aromatic rings. The standard InChI is InChI=1S/C8H8N2O3S/c9-8(14)10-6-2-1-4(11)3-5(6)7(12)13/h1-3,11H,(H,12,13)(H3,9,10,14). The van der Waals surface area contributed by atoms with Crippen molar-refractivity contribution in [2.24, 2.45) is 5.73 Å². The number of carboxylic acids is 1. The first-order valence-corrected chi connectivity index (χ1v) is 4.04. The molecule has 5 N–H and O–H groups in total. The number of aromatic hydroxyl groups is 1. The van der Waals surface area contributed by atoms with Gasteiger partial charge in [-0.05, 0) is 30.4 Å². The van der Waals surface area contributed by atoms with Gasteiger partial charge in [-0.3, -0.25) is 0 Å². The third-order valence-corrected chi connectivity index (χ3v) is 1.59. The van der Waals surface area contributed by atoms with Crippen molar-refractivity contribution in [1.29, 1.82) is 0 Å². The van der Waals surface area contributed by atoms with Gasteiger partial charge in [0, 0.05) is 0 Å². The van der Waals surface area contributed by atoms with Gasteiger partial charge in [0.2, 0.25) is 0 Å². The first-order valence-electron chi connectivity index (χ1n) is 3.63. The van der Waals surface area contributed by atoms with E-state index in [-0.39, 0.29) is 22.1 Å². The van der Waals surface area contributed by atoms with Crippen LogP contribution in [0.3, 0.4) is 0 Å². The van der Waals surface area contributed by atoms with Crippen LogP contribution in [-0.4, -0.2) is 21.3 Å². The number of nitrogens with one attached hydrogen (secondary N) is 1. The zero-order valence-electron chi connectivity index (χ0n) is 7.02. The second-order valence-corrected chi connectivity index (χ2v) is 2.96. The van der Waals surface area contributed by atoms with E-state index in [4.69, 9.17) is 15.9 Å². The van der Waals surface area contributed by atoms with Crippen LogP contribution in [0.5, 0.6) is 5.75 Å². The number of carbonyl (C=O) groups is 1. The molecule has 0 aliphatic carbocycles. The van der Waals surface area contributed by atoms with Crippen molar-refractivity contribution in [2.45, 2.75) is 0 Å². The molecule has 6 heteroatoms. The predicted molar refractivity (Wildman–Crippen MR) is 55.5 cm³/mol. The minimum Gasteiger partial charge on any atom is -0.508 e. The van der Waals surface area contributed by atoms with E-state index < -0.39 is 5.97 Å². The largest absolute Gasteiger partial charge is 0.508 e. The van der Waals surface area contributed by atoms with Crippen LogP contribution in [0.15, 0.2) is 18.2 Å². The van der Waals surface area contributed by atoms with Crippen LogP contribution in [0, 0.1) is 0 Å². The number of nitrogens with two attached hydrogens (primary N) is 1. The molecular formula is C8H8N2O3S. The molecule has 14 heavy (non-hydrogen) atoms. The lowest BCUT2D eigenvalue weighted by Crippen LogP contribution is -2.20. The zero-order valence-corrected chi connectivity index (χ0v) is 7.84. The van der Waals surface area contributed by atoms with E-state index in [9.17, 15) is 4.79 Å². The molecule has 74 valence electrons. The lowest BCUT2D eigenvalue weighted by molar-refractivity contribution is 0.0697. The average molecular weight is 212 g/mol. The van der Waals surface area contributed by atoms with E-state index in [1.807, 2.05) is 0 Å². The van der Waals surface area contributed by atoms with Crippen LogP contribution in [0.2, 0.25) is 0 Å². The Morgan fingerprint density at radius 1 is 1.50 bits per heavy atom. The van der Waals surface area contributed by atoms with Gasteiger partial charge in [0.05, 0.1) is 11.3 Å². The van der Waals surface area contributed by atoms with Gasteiger partial charge in [-0.25, -0.2) is 4.79 Å². The number of aromatic carboxylic acids is 1.